The Hall–Kier alpha value is 0.310. The van der Waals surface area contributed by atoms with Gasteiger partial charge in [0.2, 0.25) is 0 Å². The number of hydrogen-bond donors (Lipinski definition) is 1. The maximum absolute atomic E-state index is 3.78. The van der Waals surface area contributed by atoms with Crippen LogP contribution in [0.5, 0.6) is 0 Å². The summed E-state index contributed by atoms with van der Waals surface area (Å²) in [6.45, 7) is 11.6. The van der Waals surface area contributed by atoms with E-state index in [-0.39, 0.29) is 0 Å². The molecule has 0 bridgehead atoms. The highest BCUT2D eigenvalue weighted by Crippen LogP contribution is 2.27. The SMILES string of the molecule is CC(CSC(C)(C)C)NC1CCCC1C. The van der Waals surface area contributed by atoms with E-state index in [9.17, 15) is 0 Å². The second-order valence-corrected chi connectivity index (χ2v) is 7.85. The molecule has 0 aromatic heterocycles. The second-order valence-electron chi connectivity index (χ2n) is 6.01. The molecule has 0 radical (unpaired) electrons. The molecule has 0 amide bonds. The third kappa shape index (κ3) is 5.26. The summed E-state index contributed by atoms with van der Waals surface area (Å²) in [5.74, 6) is 2.11. The fraction of sp³-hybridized carbons (Fsp3) is 1.00. The van der Waals surface area contributed by atoms with Gasteiger partial charge in [0.15, 0.2) is 0 Å². The Kier molecular flexibility index (Phi) is 4.98. The molecule has 15 heavy (non-hydrogen) atoms. The van der Waals surface area contributed by atoms with E-state index in [4.69, 9.17) is 0 Å². The van der Waals surface area contributed by atoms with E-state index in [1.807, 2.05) is 0 Å². The van der Waals surface area contributed by atoms with E-state index < -0.39 is 0 Å². The normalized spacial score (nSPS) is 29.4. The van der Waals surface area contributed by atoms with Crippen molar-refractivity contribution in [2.45, 2.75) is 70.7 Å². The van der Waals surface area contributed by atoms with Crippen molar-refractivity contribution in [2.75, 3.05) is 5.75 Å². The molecule has 1 nitrogen and oxygen atoms in total. The van der Waals surface area contributed by atoms with Gasteiger partial charge >= 0.3 is 0 Å². The first-order chi connectivity index (χ1) is 6.88. The van der Waals surface area contributed by atoms with Crippen molar-refractivity contribution in [2.24, 2.45) is 5.92 Å². The molecule has 0 aromatic carbocycles. The maximum atomic E-state index is 3.78. The van der Waals surface area contributed by atoms with Crippen LogP contribution in [0.1, 0.15) is 53.9 Å². The van der Waals surface area contributed by atoms with Gasteiger partial charge in [-0.15, -0.1) is 0 Å². The van der Waals surface area contributed by atoms with Crippen LogP contribution in [-0.2, 0) is 0 Å². The van der Waals surface area contributed by atoms with Gasteiger partial charge in [-0.05, 0) is 25.7 Å². The Morgan fingerprint density at radius 1 is 1.33 bits per heavy atom. The molecule has 90 valence electrons. The highest BCUT2D eigenvalue weighted by Gasteiger charge is 2.24. The third-order valence-corrected chi connectivity index (χ3v) is 4.66. The van der Waals surface area contributed by atoms with E-state index in [1.54, 1.807) is 0 Å². The van der Waals surface area contributed by atoms with Crippen LogP contribution in [0.4, 0.5) is 0 Å². The fourth-order valence-corrected chi connectivity index (χ4v) is 3.03. The predicted molar refractivity (Wildman–Crippen MR) is 71.6 cm³/mol. The summed E-state index contributed by atoms with van der Waals surface area (Å²) in [5.41, 5.74) is 0. The van der Waals surface area contributed by atoms with Crippen LogP contribution in [0, 0.1) is 5.92 Å². The minimum atomic E-state index is 0.400. The highest BCUT2D eigenvalue weighted by atomic mass is 32.2. The lowest BCUT2D eigenvalue weighted by Crippen LogP contribution is -2.39. The minimum absolute atomic E-state index is 0.400. The van der Waals surface area contributed by atoms with Crippen molar-refractivity contribution in [3.63, 3.8) is 0 Å². The first kappa shape index (κ1) is 13.4. The summed E-state index contributed by atoms with van der Waals surface area (Å²) >= 11 is 2.06. The third-order valence-electron chi connectivity index (χ3n) is 3.13. The standard InChI is InChI=1S/C13H27NS/c1-10-7-6-8-12(10)14-11(2)9-15-13(3,4)5/h10-12,14H,6-9H2,1-5H3. The molecule has 0 saturated heterocycles. The zero-order chi connectivity index (χ0) is 11.5. The van der Waals surface area contributed by atoms with Crippen LogP contribution in [-0.4, -0.2) is 22.6 Å². The molecule has 1 aliphatic carbocycles. The molecule has 1 rings (SSSR count). The molecular formula is C13H27NS. The predicted octanol–water partition coefficient (Wildman–Crippen LogP) is 3.68. The number of thioether (sulfide) groups is 1. The molecule has 0 aliphatic heterocycles. The van der Waals surface area contributed by atoms with E-state index >= 15 is 0 Å². The van der Waals surface area contributed by atoms with E-state index in [0.29, 0.717) is 10.8 Å². The maximum Gasteiger partial charge on any atom is 0.0132 e. The van der Waals surface area contributed by atoms with Gasteiger partial charge in [-0.25, -0.2) is 0 Å². The lowest BCUT2D eigenvalue weighted by molar-refractivity contribution is 0.397. The molecule has 2 heteroatoms. The van der Waals surface area contributed by atoms with Crippen LogP contribution >= 0.6 is 11.8 Å². The van der Waals surface area contributed by atoms with Crippen LogP contribution in [0.2, 0.25) is 0 Å². The van der Waals surface area contributed by atoms with E-state index in [2.05, 4.69) is 51.7 Å². The largest absolute Gasteiger partial charge is 0.310 e. The molecule has 3 atom stereocenters. The summed E-state index contributed by atoms with van der Waals surface area (Å²) < 4.78 is 0.400. The fourth-order valence-electron chi connectivity index (χ4n) is 2.18. The first-order valence-corrected chi connectivity index (χ1v) is 7.27. The molecular weight excluding hydrogens is 202 g/mol. The number of hydrogen-bond acceptors (Lipinski definition) is 2. The average molecular weight is 229 g/mol. The van der Waals surface area contributed by atoms with Crippen molar-refractivity contribution in [1.29, 1.82) is 0 Å². The zero-order valence-electron chi connectivity index (χ0n) is 11.0. The summed E-state index contributed by atoms with van der Waals surface area (Å²) in [6, 6.07) is 1.43. The second kappa shape index (κ2) is 5.58. The van der Waals surface area contributed by atoms with E-state index in [1.165, 1.54) is 25.0 Å². The van der Waals surface area contributed by atoms with Gasteiger partial charge in [0, 0.05) is 22.6 Å². The van der Waals surface area contributed by atoms with Gasteiger partial charge in [-0.3, -0.25) is 0 Å². The first-order valence-electron chi connectivity index (χ1n) is 6.28. The number of nitrogens with one attached hydrogen (secondary N) is 1. The summed E-state index contributed by atoms with van der Waals surface area (Å²) in [5, 5.41) is 3.78. The molecule has 0 spiro atoms. The highest BCUT2D eigenvalue weighted by molar-refractivity contribution is 8.00. The van der Waals surface area contributed by atoms with Gasteiger partial charge in [0.05, 0.1) is 0 Å². The minimum Gasteiger partial charge on any atom is -0.310 e. The van der Waals surface area contributed by atoms with Crippen molar-refractivity contribution in [3.05, 3.63) is 0 Å². The Labute approximate surface area is 99.8 Å². The summed E-state index contributed by atoms with van der Waals surface area (Å²) in [6.07, 6.45) is 4.21. The average Bonchev–Trinajstić information content (AvgIpc) is 2.47. The Morgan fingerprint density at radius 3 is 2.47 bits per heavy atom. The van der Waals surface area contributed by atoms with Crippen LogP contribution in [0.3, 0.4) is 0 Å². The zero-order valence-corrected chi connectivity index (χ0v) is 11.8. The topological polar surface area (TPSA) is 12.0 Å². The van der Waals surface area contributed by atoms with E-state index in [0.717, 1.165) is 12.0 Å². The Balaban J connectivity index is 2.20. The van der Waals surface area contributed by atoms with Gasteiger partial charge in [-0.2, -0.15) is 11.8 Å². The Morgan fingerprint density at radius 2 is 2.00 bits per heavy atom. The Bertz CT molecular complexity index is 185. The van der Waals surface area contributed by atoms with Crippen LogP contribution < -0.4 is 5.32 Å². The van der Waals surface area contributed by atoms with Gasteiger partial charge in [0.25, 0.3) is 0 Å². The van der Waals surface area contributed by atoms with Gasteiger partial charge < -0.3 is 5.32 Å². The van der Waals surface area contributed by atoms with Crippen LogP contribution in [0.15, 0.2) is 0 Å². The molecule has 0 heterocycles. The molecule has 0 aromatic rings. The van der Waals surface area contributed by atoms with Crippen LogP contribution in [0.25, 0.3) is 0 Å². The van der Waals surface area contributed by atoms with Crippen molar-refractivity contribution < 1.29 is 0 Å². The van der Waals surface area contributed by atoms with Gasteiger partial charge in [0.1, 0.15) is 0 Å². The molecule has 1 saturated carbocycles. The van der Waals surface area contributed by atoms with Crippen molar-refractivity contribution in [1.82, 2.24) is 5.32 Å². The van der Waals surface area contributed by atoms with Gasteiger partial charge in [-0.1, -0.05) is 34.1 Å². The molecule has 1 N–H and O–H groups in total. The lowest BCUT2D eigenvalue weighted by atomic mass is 10.1. The monoisotopic (exact) mass is 229 g/mol. The number of rotatable bonds is 4. The molecule has 3 unspecified atom stereocenters. The van der Waals surface area contributed by atoms with Crippen molar-refractivity contribution >= 4 is 11.8 Å². The quantitative estimate of drug-likeness (QED) is 0.789. The smallest absolute Gasteiger partial charge is 0.0132 e. The summed E-state index contributed by atoms with van der Waals surface area (Å²) in [4.78, 5) is 0. The lowest BCUT2D eigenvalue weighted by Gasteiger charge is -2.25. The van der Waals surface area contributed by atoms with Crippen molar-refractivity contribution in [3.8, 4) is 0 Å². The molecule has 1 aliphatic rings. The summed E-state index contributed by atoms with van der Waals surface area (Å²) in [7, 11) is 0. The molecule has 1 fully saturated rings.